The van der Waals surface area contributed by atoms with Crippen molar-refractivity contribution in [3.05, 3.63) is 61.9 Å². The third-order valence-corrected chi connectivity index (χ3v) is 5.34. The number of aromatic nitrogens is 5. The molecule has 0 radical (unpaired) electrons. The molecule has 1 aliphatic carbocycles. The summed E-state index contributed by atoms with van der Waals surface area (Å²) in [5.41, 5.74) is 2.49. The molecule has 9 heteroatoms. The van der Waals surface area contributed by atoms with Gasteiger partial charge in [-0.15, -0.1) is 0 Å². The largest absolute Gasteiger partial charge is 0.250 e. The number of aromatic amines is 1. The Kier molecular flexibility index (Phi) is 4.69. The van der Waals surface area contributed by atoms with Gasteiger partial charge in [0, 0.05) is 10.9 Å². The highest BCUT2D eigenvalue weighted by Gasteiger charge is 2.29. The van der Waals surface area contributed by atoms with Crippen LogP contribution in [0.3, 0.4) is 0 Å². The molecule has 26 heavy (non-hydrogen) atoms. The van der Waals surface area contributed by atoms with Gasteiger partial charge in [0.2, 0.25) is 4.77 Å². The number of hydrogen-bond donors (Lipinski definition) is 1. The lowest BCUT2D eigenvalue weighted by molar-refractivity contribution is 0.680. The summed E-state index contributed by atoms with van der Waals surface area (Å²) in [6, 6.07) is 7.64. The van der Waals surface area contributed by atoms with Crippen molar-refractivity contribution in [1.82, 2.24) is 24.7 Å². The Bertz CT molecular complexity index is 1040. The maximum Gasteiger partial charge on any atom is 0.216 e. The Balaban J connectivity index is 1.64. The maximum atomic E-state index is 6.53. The van der Waals surface area contributed by atoms with E-state index in [9.17, 15) is 0 Å². The average Bonchev–Trinajstić information content (AvgIpc) is 3.34. The Morgan fingerprint density at radius 3 is 2.85 bits per heavy atom. The molecule has 1 N–H and O–H groups in total. The first-order valence-corrected chi connectivity index (χ1v) is 9.39. The summed E-state index contributed by atoms with van der Waals surface area (Å²) >= 11 is 18.0. The second-order valence-electron chi connectivity index (χ2n) is 6.26. The minimum atomic E-state index is 0.430. The van der Waals surface area contributed by atoms with Crippen LogP contribution in [0.5, 0.6) is 0 Å². The molecule has 0 saturated heterocycles. The van der Waals surface area contributed by atoms with Crippen LogP contribution in [0, 0.1) is 11.7 Å². The summed E-state index contributed by atoms with van der Waals surface area (Å²) in [5, 5.41) is 17.3. The number of nitrogens with one attached hydrogen (secondary N) is 1. The molecule has 0 bridgehead atoms. The van der Waals surface area contributed by atoms with Crippen molar-refractivity contribution < 1.29 is 0 Å². The monoisotopic (exact) mass is 406 g/mol. The first-order chi connectivity index (χ1) is 12.5. The average molecular weight is 407 g/mol. The fourth-order valence-corrected chi connectivity index (χ4v) is 3.41. The van der Waals surface area contributed by atoms with E-state index >= 15 is 0 Å². The lowest BCUT2D eigenvalue weighted by atomic mass is 10.2. The van der Waals surface area contributed by atoms with Gasteiger partial charge < -0.3 is 0 Å². The number of hydrogen-bond acceptors (Lipinski definition) is 4. The quantitative estimate of drug-likeness (QED) is 0.498. The van der Waals surface area contributed by atoms with Gasteiger partial charge in [-0.2, -0.15) is 20.0 Å². The van der Waals surface area contributed by atoms with E-state index < -0.39 is 0 Å². The van der Waals surface area contributed by atoms with Crippen LogP contribution in [0.4, 0.5) is 0 Å². The van der Waals surface area contributed by atoms with Crippen molar-refractivity contribution in [3.63, 3.8) is 0 Å². The summed E-state index contributed by atoms with van der Waals surface area (Å²) in [7, 11) is 0. The van der Waals surface area contributed by atoms with E-state index in [1.165, 1.54) is 0 Å². The van der Waals surface area contributed by atoms with Gasteiger partial charge in [0.15, 0.2) is 5.82 Å². The molecule has 3 aromatic rings. The second kappa shape index (κ2) is 6.98. The third-order valence-electron chi connectivity index (χ3n) is 4.31. The first-order valence-electron chi connectivity index (χ1n) is 8.22. The van der Waals surface area contributed by atoms with Crippen LogP contribution in [-0.2, 0) is 6.54 Å². The van der Waals surface area contributed by atoms with Crippen LogP contribution in [0.15, 0.2) is 29.4 Å². The topological polar surface area (TPSA) is 63.8 Å². The molecule has 134 valence electrons. The molecule has 0 spiro atoms. The number of H-pyrrole nitrogens is 1. The molecule has 0 unspecified atom stereocenters. The number of halogens is 2. The minimum absolute atomic E-state index is 0.430. The summed E-state index contributed by atoms with van der Waals surface area (Å²) in [5.74, 6) is 1.29. The highest BCUT2D eigenvalue weighted by atomic mass is 35.5. The zero-order valence-corrected chi connectivity index (χ0v) is 16.3. The van der Waals surface area contributed by atoms with E-state index in [1.807, 2.05) is 31.2 Å². The normalized spacial score (nSPS) is 14.4. The van der Waals surface area contributed by atoms with E-state index in [1.54, 1.807) is 15.6 Å². The standard InChI is InChI=1S/C17H16Cl2N6S/c1-10-13(8-20-25-16(11-6-7-11)21-22-17(25)26)15(19)24(23-10)9-12-4-2-3-5-14(12)18/h2-5,8,11H,6-7,9H2,1H3,(H,22,26). The van der Waals surface area contributed by atoms with E-state index in [-0.39, 0.29) is 0 Å². The van der Waals surface area contributed by atoms with Crippen LogP contribution in [-0.4, -0.2) is 30.9 Å². The molecule has 1 saturated carbocycles. The van der Waals surface area contributed by atoms with Gasteiger partial charge in [-0.05, 0) is 43.6 Å². The summed E-state index contributed by atoms with van der Waals surface area (Å²) < 4.78 is 3.85. The summed E-state index contributed by atoms with van der Waals surface area (Å²) in [6.07, 6.45) is 3.92. The smallest absolute Gasteiger partial charge is 0.216 e. The van der Waals surface area contributed by atoms with E-state index in [0.717, 1.165) is 35.5 Å². The van der Waals surface area contributed by atoms with Crippen LogP contribution in [0.2, 0.25) is 10.2 Å². The molecular formula is C17H16Cl2N6S. The summed E-state index contributed by atoms with van der Waals surface area (Å²) in [6.45, 7) is 2.39. The molecule has 1 aliphatic rings. The first kappa shape index (κ1) is 17.5. The molecule has 2 heterocycles. The van der Waals surface area contributed by atoms with Crippen LogP contribution >= 0.6 is 35.4 Å². The molecule has 6 nitrogen and oxygen atoms in total. The van der Waals surface area contributed by atoms with Gasteiger partial charge in [-0.1, -0.05) is 41.4 Å². The Labute approximate surface area is 165 Å². The number of nitrogens with zero attached hydrogens (tertiary/aromatic N) is 5. The predicted molar refractivity (Wildman–Crippen MR) is 105 cm³/mol. The molecular weight excluding hydrogens is 391 g/mol. The number of aryl methyl sites for hydroxylation is 1. The fourth-order valence-electron chi connectivity index (χ4n) is 2.74. The van der Waals surface area contributed by atoms with Crippen molar-refractivity contribution in [1.29, 1.82) is 0 Å². The Hall–Kier alpha value is -1.96. The second-order valence-corrected chi connectivity index (χ2v) is 7.41. The van der Waals surface area contributed by atoms with Crippen molar-refractivity contribution >= 4 is 41.6 Å². The van der Waals surface area contributed by atoms with Crippen LogP contribution in [0.1, 0.15) is 41.4 Å². The highest BCUT2D eigenvalue weighted by Crippen LogP contribution is 2.38. The van der Waals surface area contributed by atoms with E-state index in [2.05, 4.69) is 20.4 Å². The lowest BCUT2D eigenvalue weighted by Gasteiger charge is -2.05. The van der Waals surface area contributed by atoms with Crippen molar-refractivity contribution in [2.45, 2.75) is 32.2 Å². The van der Waals surface area contributed by atoms with E-state index in [0.29, 0.717) is 27.4 Å². The Morgan fingerprint density at radius 2 is 2.12 bits per heavy atom. The van der Waals surface area contributed by atoms with E-state index in [4.69, 9.17) is 35.4 Å². The van der Waals surface area contributed by atoms with Crippen LogP contribution < -0.4 is 0 Å². The van der Waals surface area contributed by atoms with Gasteiger partial charge in [0.1, 0.15) is 5.15 Å². The molecule has 0 amide bonds. The predicted octanol–water partition coefficient (Wildman–Crippen LogP) is 4.56. The fraction of sp³-hybridized carbons (Fsp3) is 0.294. The van der Waals surface area contributed by atoms with Crippen molar-refractivity contribution in [3.8, 4) is 0 Å². The summed E-state index contributed by atoms with van der Waals surface area (Å²) in [4.78, 5) is 0. The zero-order valence-electron chi connectivity index (χ0n) is 14.0. The molecule has 1 aromatic carbocycles. The zero-order chi connectivity index (χ0) is 18.3. The molecule has 0 aliphatic heterocycles. The highest BCUT2D eigenvalue weighted by molar-refractivity contribution is 7.71. The molecule has 0 atom stereocenters. The minimum Gasteiger partial charge on any atom is -0.250 e. The van der Waals surface area contributed by atoms with Crippen molar-refractivity contribution in [2.24, 2.45) is 5.10 Å². The lowest BCUT2D eigenvalue weighted by Crippen LogP contribution is -2.02. The number of rotatable bonds is 5. The van der Waals surface area contributed by atoms with Gasteiger partial charge in [0.25, 0.3) is 0 Å². The SMILES string of the molecule is Cc1nn(Cc2ccccc2Cl)c(Cl)c1C=Nn1c(C2CC2)n[nH]c1=S. The molecule has 1 fully saturated rings. The van der Waals surface area contributed by atoms with Gasteiger partial charge in [0.05, 0.1) is 24.0 Å². The van der Waals surface area contributed by atoms with Crippen molar-refractivity contribution in [2.75, 3.05) is 0 Å². The number of benzene rings is 1. The Morgan fingerprint density at radius 1 is 1.35 bits per heavy atom. The van der Waals surface area contributed by atoms with Crippen LogP contribution in [0.25, 0.3) is 0 Å². The van der Waals surface area contributed by atoms with Gasteiger partial charge in [-0.25, -0.2) is 4.68 Å². The molecule has 4 rings (SSSR count). The third kappa shape index (κ3) is 3.34. The van der Waals surface area contributed by atoms with Gasteiger partial charge in [-0.3, -0.25) is 5.10 Å². The van der Waals surface area contributed by atoms with Gasteiger partial charge >= 0.3 is 0 Å². The maximum absolute atomic E-state index is 6.53. The molecule has 2 aromatic heterocycles.